The van der Waals surface area contributed by atoms with E-state index < -0.39 is 12.7 Å². The van der Waals surface area contributed by atoms with Crippen LogP contribution in [0.4, 0.5) is 13.2 Å². The summed E-state index contributed by atoms with van der Waals surface area (Å²) in [5.41, 5.74) is 5.00. The fourth-order valence-corrected chi connectivity index (χ4v) is 1.69. The predicted molar refractivity (Wildman–Crippen MR) is 52.7 cm³/mol. The topological polar surface area (TPSA) is 49.6 Å². The molecule has 0 unspecified atom stereocenters. The highest BCUT2D eigenvalue weighted by atomic mass is 19.4. The molecule has 1 saturated heterocycles. The van der Waals surface area contributed by atoms with E-state index in [0.717, 1.165) is 0 Å². The number of alkyl halides is 3. The summed E-state index contributed by atoms with van der Waals surface area (Å²) < 4.78 is 36.2. The molecule has 2 N–H and O–H groups in total. The molecule has 1 fully saturated rings. The number of hydrogen-bond acceptors (Lipinski definition) is 3. The second-order valence-corrected chi connectivity index (χ2v) is 3.95. The monoisotopic (exact) mass is 239 g/mol. The number of primary amides is 1. The fourth-order valence-electron chi connectivity index (χ4n) is 1.69. The molecule has 0 saturated carbocycles. The van der Waals surface area contributed by atoms with Gasteiger partial charge in [0.05, 0.1) is 6.54 Å². The Kier molecular flexibility index (Phi) is 4.55. The van der Waals surface area contributed by atoms with Crippen molar-refractivity contribution in [2.45, 2.75) is 12.6 Å². The Morgan fingerprint density at radius 2 is 1.62 bits per heavy atom. The van der Waals surface area contributed by atoms with Gasteiger partial charge in [0, 0.05) is 39.1 Å². The van der Waals surface area contributed by atoms with Crippen LogP contribution in [0.3, 0.4) is 0 Å². The summed E-state index contributed by atoms with van der Waals surface area (Å²) in [7, 11) is 0. The first kappa shape index (κ1) is 13.2. The third-order valence-corrected chi connectivity index (χ3v) is 2.54. The molecule has 1 heterocycles. The molecule has 0 spiro atoms. The van der Waals surface area contributed by atoms with Crippen LogP contribution < -0.4 is 5.73 Å². The van der Waals surface area contributed by atoms with Crippen molar-refractivity contribution in [1.82, 2.24) is 9.80 Å². The van der Waals surface area contributed by atoms with Gasteiger partial charge in [-0.1, -0.05) is 0 Å². The van der Waals surface area contributed by atoms with E-state index in [9.17, 15) is 18.0 Å². The summed E-state index contributed by atoms with van der Waals surface area (Å²) in [6, 6.07) is 0. The minimum atomic E-state index is -4.13. The van der Waals surface area contributed by atoms with Crippen LogP contribution in [0.25, 0.3) is 0 Å². The van der Waals surface area contributed by atoms with Crippen LogP contribution in [0.1, 0.15) is 6.42 Å². The predicted octanol–water partition coefficient (Wildman–Crippen LogP) is 0.0417. The van der Waals surface area contributed by atoms with Gasteiger partial charge in [-0.05, 0) is 0 Å². The number of carbonyl (C=O) groups is 1. The van der Waals surface area contributed by atoms with E-state index in [-0.39, 0.29) is 12.3 Å². The van der Waals surface area contributed by atoms with Crippen LogP contribution in [0.2, 0.25) is 0 Å². The van der Waals surface area contributed by atoms with E-state index >= 15 is 0 Å². The van der Waals surface area contributed by atoms with Gasteiger partial charge in [-0.2, -0.15) is 13.2 Å². The van der Waals surface area contributed by atoms with Gasteiger partial charge in [0.2, 0.25) is 5.91 Å². The SMILES string of the molecule is NC(=O)CCN1CCN(CC(F)(F)F)CC1. The Bertz CT molecular complexity index is 237. The molecule has 1 aliphatic rings. The van der Waals surface area contributed by atoms with Crippen molar-refractivity contribution >= 4 is 5.91 Å². The molecule has 1 aliphatic heterocycles. The van der Waals surface area contributed by atoms with Crippen LogP contribution >= 0.6 is 0 Å². The van der Waals surface area contributed by atoms with Crippen molar-refractivity contribution in [1.29, 1.82) is 0 Å². The molecule has 94 valence electrons. The normalized spacial score (nSPS) is 19.9. The Balaban J connectivity index is 2.21. The average molecular weight is 239 g/mol. The van der Waals surface area contributed by atoms with Crippen molar-refractivity contribution in [2.75, 3.05) is 39.3 Å². The zero-order valence-electron chi connectivity index (χ0n) is 8.96. The number of amides is 1. The molecule has 0 atom stereocenters. The van der Waals surface area contributed by atoms with E-state index in [2.05, 4.69) is 0 Å². The second-order valence-electron chi connectivity index (χ2n) is 3.95. The number of nitrogens with zero attached hydrogens (tertiary/aromatic N) is 2. The quantitative estimate of drug-likeness (QED) is 0.753. The molecular formula is C9H16F3N3O. The van der Waals surface area contributed by atoms with E-state index in [4.69, 9.17) is 5.73 Å². The number of rotatable bonds is 4. The van der Waals surface area contributed by atoms with Crippen molar-refractivity contribution in [3.63, 3.8) is 0 Å². The number of halogens is 3. The maximum atomic E-state index is 12.1. The Labute approximate surface area is 92.2 Å². The van der Waals surface area contributed by atoms with Gasteiger partial charge in [-0.15, -0.1) is 0 Å². The average Bonchev–Trinajstić information content (AvgIpc) is 2.14. The molecule has 0 radical (unpaired) electrons. The van der Waals surface area contributed by atoms with Crippen molar-refractivity contribution < 1.29 is 18.0 Å². The second kappa shape index (κ2) is 5.49. The first-order chi connectivity index (χ1) is 7.37. The molecule has 7 heteroatoms. The fraction of sp³-hybridized carbons (Fsp3) is 0.889. The Morgan fingerprint density at radius 1 is 1.12 bits per heavy atom. The molecule has 0 bridgehead atoms. The highest BCUT2D eigenvalue weighted by molar-refractivity contribution is 5.73. The zero-order valence-corrected chi connectivity index (χ0v) is 8.96. The highest BCUT2D eigenvalue weighted by Gasteiger charge is 2.31. The highest BCUT2D eigenvalue weighted by Crippen LogP contribution is 2.17. The van der Waals surface area contributed by atoms with E-state index in [0.29, 0.717) is 32.7 Å². The maximum absolute atomic E-state index is 12.1. The van der Waals surface area contributed by atoms with Gasteiger partial charge in [-0.25, -0.2) is 0 Å². The van der Waals surface area contributed by atoms with Crippen LogP contribution in [-0.4, -0.2) is 61.2 Å². The first-order valence-electron chi connectivity index (χ1n) is 5.16. The van der Waals surface area contributed by atoms with Gasteiger partial charge in [0.25, 0.3) is 0 Å². The van der Waals surface area contributed by atoms with Crippen LogP contribution in [-0.2, 0) is 4.79 Å². The van der Waals surface area contributed by atoms with E-state index in [1.54, 1.807) is 0 Å². The largest absolute Gasteiger partial charge is 0.401 e. The van der Waals surface area contributed by atoms with Crippen molar-refractivity contribution in [3.05, 3.63) is 0 Å². The molecule has 1 amide bonds. The van der Waals surface area contributed by atoms with Gasteiger partial charge >= 0.3 is 6.18 Å². The maximum Gasteiger partial charge on any atom is 0.401 e. The summed E-state index contributed by atoms with van der Waals surface area (Å²) in [5, 5.41) is 0. The lowest BCUT2D eigenvalue weighted by molar-refractivity contribution is -0.149. The van der Waals surface area contributed by atoms with Crippen LogP contribution in [0, 0.1) is 0 Å². The van der Waals surface area contributed by atoms with Gasteiger partial charge < -0.3 is 10.6 Å². The number of piperazine rings is 1. The molecule has 0 aromatic rings. The molecule has 0 aromatic heterocycles. The lowest BCUT2D eigenvalue weighted by atomic mass is 10.3. The smallest absolute Gasteiger partial charge is 0.370 e. The minimum Gasteiger partial charge on any atom is -0.370 e. The molecule has 0 aliphatic carbocycles. The summed E-state index contributed by atoms with van der Waals surface area (Å²) in [6.45, 7) is 1.58. The molecule has 1 rings (SSSR count). The van der Waals surface area contributed by atoms with Crippen LogP contribution in [0.15, 0.2) is 0 Å². The standard InChI is InChI=1S/C9H16F3N3O/c10-9(11,12)7-15-5-3-14(4-6-15)2-1-8(13)16/h1-7H2,(H2,13,16). The zero-order chi connectivity index (χ0) is 12.2. The number of hydrogen-bond donors (Lipinski definition) is 1. The Morgan fingerprint density at radius 3 is 2.06 bits per heavy atom. The summed E-state index contributed by atoms with van der Waals surface area (Å²) >= 11 is 0. The van der Waals surface area contributed by atoms with E-state index in [1.165, 1.54) is 4.90 Å². The summed E-state index contributed by atoms with van der Waals surface area (Å²) in [4.78, 5) is 13.9. The number of nitrogens with two attached hydrogens (primary N) is 1. The third kappa shape index (κ3) is 5.32. The third-order valence-electron chi connectivity index (χ3n) is 2.54. The van der Waals surface area contributed by atoms with Crippen LogP contribution in [0.5, 0.6) is 0 Å². The van der Waals surface area contributed by atoms with Crippen molar-refractivity contribution in [3.8, 4) is 0 Å². The summed E-state index contributed by atoms with van der Waals surface area (Å²) in [5.74, 6) is -0.377. The van der Waals surface area contributed by atoms with Crippen molar-refractivity contribution in [2.24, 2.45) is 5.73 Å². The molecular weight excluding hydrogens is 223 g/mol. The lowest BCUT2D eigenvalue weighted by Gasteiger charge is -2.34. The minimum absolute atomic E-state index is 0.263. The van der Waals surface area contributed by atoms with Gasteiger partial charge in [-0.3, -0.25) is 9.69 Å². The summed E-state index contributed by atoms with van der Waals surface area (Å²) in [6.07, 6.45) is -3.87. The molecule has 4 nitrogen and oxygen atoms in total. The molecule has 16 heavy (non-hydrogen) atoms. The number of carbonyl (C=O) groups excluding carboxylic acids is 1. The van der Waals surface area contributed by atoms with Gasteiger partial charge in [0.1, 0.15) is 0 Å². The molecule has 0 aromatic carbocycles. The Hall–Kier alpha value is -0.820. The van der Waals surface area contributed by atoms with E-state index in [1.807, 2.05) is 4.90 Å². The van der Waals surface area contributed by atoms with Gasteiger partial charge in [0.15, 0.2) is 0 Å². The first-order valence-corrected chi connectivity index (χ1v) is 5.16. The lowest BCUT2D eigenvalue weighted by Crippen LogP contribution is -2.49.